The maximum atomic E-state index is 5.47. The highest BCUT2D eigenvalue weighted by Crippen LogP contribution is 1.86. The highest BCUT2D eigenvalue weighted by Gasteiger charge is 1.90. The monoisotopic (exact) mass is 234 g/mol. The lowest BCUT2D eigenvalue weighted by Crippen LogP contribution is -2.13. The number of aliphatic imine (C=N–C) groups is 2. The molecule has 0 aliphatic rings. The van der Waals surface area contributed by atoms with Crippen LogP contribution in [0, 0.1) is 0 Å². The van der Waals surface area contributed by atoms with E-state index < -0.39 is 0 Å². The minimum atomic E-state index is 0. The third kappa shape index (κ3) is 10.8. The molecule has 0 aromatic heterocycles. The van der Waals surface area contributed by atoms with E-state index in [9.17, 15) is 0 Å². The van der Waals surface area contributed by atoms with Gasteiger partial charge in [-0.1, -0.05) is 0 Å². The minimum absolute atomic E-state index is 0. The first-order valence-electron chi connectivity index (χ1n) is 4.46. The van der Waals surface area contributed by atoms with E-state index in [4.69, 9.17) is 11.5 Å². The van der Waals surface area contributed by atoms with Crippen molar-refractivity contribution in [1.82, 2.24) is 0 Å². The van der Waals surface area contributed by atoms with E-state index in [2.05, 4.69) is 20.2 Å². The SMILES string of the molecule is CN=C(N)CCN=NCCC(N)=NC.Cl. The van der Waals surface area contributed by atoms with Gasteiger partial charge in [-0.3, -0.25) is 9.98 Å². The Hall–Kier alpha value is -1.17. The van der Waals surface area contributed by atoms with Gasteiger partial charge in [-0.2, -0.15) is 10.2 Å². The van der Waals surface area contributed by atoms with Crippen LogP contribution in [-0.4, -0.2) is 38.9 Å². The van der Waals surface area contributed by atoms with Crippen molar-refractivity contribution < 1.29 is 0 Å². The summed E-state index contributed by atoms with van der Waals surface area (Å²) in [6.45, 7) is 1.15. The van der Waals surface area contributed by atoms with Crippen LogP contribution < -0.4 is 11.5 Å². The van der Waals surface area contributed by atoms with Gasteiger partial charge in [0.05, 0.1) is 24.8 Å². The summed E-state index contributed by atoms with van der Waals surface area (Å²) in [5.41, 5.74) is 10.9. The molecule has 0 bridgehead atoms. The zero-order valence-electron chi connectivity index (χ0n) is 9.18. The Labute approximate surface area is 96.4 Å². The standard InChI is InChI=1S/C8H18N6.ClH/c1-11-7(9)3-5-13-14-6-4-8(10)12-2;/h3-6H2,1-2H3,(H2,9,11)(H2,10,12);1H. The zero-order valence-corrected chi connectivity index (χ0v) is 10.00. The Morgan fingerprint density at radius 2 is 1.20 bits per heavy atom. The van der Waals surface area contributed by atoms with E-state index in [1.54, 1.807) is 14.1 Å². The van der Waals surface area contributed by atoms with Crippen molar-refractivity contribution in [2.24, 2.45) is 31.7 Å². The Morgan fingerprint density at radius 1 is 0.867 bits per heavy atom. The molecule has 0 heterocycles. The number of hydrogen-bond acceptors (Lipinski definition) is 4. The Bertz CT molecular complexity index is 211. The van der Waals surface area contributed by atoms with Crippen molar-refractivity contribution in [3.63, 3.8) is 0 Å². The summed E-state index contributed by atoms with van der Waals surface area (Å²) in [6.07, 6.45) is 1.30. The van der Waals surface area contributed by atoms with Gasteiger partial charge < -0.3 is 11.5 Å². The van der Waals surface area contributed by atoms with E-state index in [0.29, 0.717) is 37.6 Å². The molecule has 0 saturated heterocycles. The van der Waals surface area contributed by atoms with Gasteiger partial charge >= 0.3 is 0 Å². The van der Waals surface area contributed by atoms with Crippen LogP contribution in [0.3, 0.4) is 0 Å². The molecular formula is C8H19ClN6. The van der Waals surface area contributed by atoms with E-state index in [1.165, 1.54) is 0 Å². The summed E-state index contributed by atoms with van der Waals surface area (Å²) in [7, 11) is 3.32. The smallest absolute Gasteiger partial charge is 0.0952 e. The number of halogens is 1. The van der Waals surface area contributed by atoms with Crippen molar-refractivity contribution >= 4 is 24.1 Å². The van der Waals surface area contributed by atoms with Crippen LogP contribution in [0.25, 0.3) is 0 Å². The average molecular weight is 235 g/mol. The fourth-order valence-electron chi connectivity index (χ4n) is 0.694. The molecular weight excluding hydrogens is 216 g/mol. The lowest BCUT2D eigenvalue weighted by molar-refractivity contribution is 0.849. The Morgan fingerprint density at radius 3 is 1.47 bits per heavy atom. The average Bonchev–Trinajstić information content (AvgIpc) is 2.22. The lowest BCUT2D eigenvalue weighted by Gasteiger charge is -1.95. The van der Waals surface area contributed by atoms with E-state index in [0.717, 1.165) is 0 Å². The van der Waals surface area contributed by atoms with Crippen molar-refractivity contribution in [1.29, 1.82) is 0 Å². The van der Waals surface area contributed by atoms with Crippen LogP contribution in [0.15, 0.2) is 20.2 Å². The van der Waals surface area contributed by atoms with Crippen molar-refractivity contribution in [2.45, 2.75) is 12.8 Å². The lowest BCUT2D eigenvalue weighted by atomic mass is 10.4. The number of nitrogens with zero attached hydrogens (tertiary/aromatic N) is 4. The van der Waals surface area contributed by atoms with Crippen molar-refractivity contribution in [3.05, 3.63) is 0 Å². The third-order valence-electron chi connectivity index (χ3n) is 1.61. The molecule has 0 amide bonds. The third-order valence-corrected chi connectivity index (χ3v) is 1.61. The van der Waals surface area contributed by atoms with Crippen LogP contribution in [0.4, 0.5) is 0 Å². The Kier molecular flexibility index (Phi) is 11.8. The summed E-state index contributed by atoms with van der Waals surface area (Å²) in [5.74, 6) is 1.19. The molecule has 0 aromatic carbocycles. The van der Waals surface area contributed by atoms with Crippen molar-refractivity contribution in [3.8, 4) is 0 Å². The molecule has 0 spiro atoms. The van der Waals surface area contributed by atoms with Crippen LogP contribution in [0.2, 0.25) is 0 Å². The molecule has 0 aliphatic heterocycles. The van der Waals surface area contributed by atoms with Gasteiger partial charge in [0, 0.05) is 26.9 Å². The summed E-state index contributed by atoms with van der Waals surface area (Å²) in [4.78, 5) is 7.60. The highest BCUT2D eigenvalue weighted by atomic mass is 35.5. The normalized spacial score (nSPS) is 12.9. The molecule has 0 aliphatic carbocycles. The summed E-state index contributed by atoms with van der Waals surface area (Å²) in [5, 5.41) is 7.84. The van der Waals surface area contributed by atoms with E-state index in [1.807, 2.05) is 0 Å². The second kappa shape index (κ2) is 10.9. The maximum Gasteiger partial charge on any atom is 0.0952 e. The van der Waals surface area contributed by atoms with Crippen LogP contribution in [0.1, 0.15) is 12.8 Å². The van der Waals surface area contributed by atoms with Gasteiger partial charge in [0.15, 0.2) is 0 Å². The van der Waals surface area contributed by atoms with Crippen molar-refractivity contribution in [2.75, 3.05) is 27.2 Å². The van der Waals surface area contributed by atoms with Gasteiger partial charge in [-0.25, -0.2) is 0 Å². The second-order valence-electron chi connectivity index (χ2n) is 2.66. The van der Waals surface area contributed by atoms with Crippen LogP contribution >= 0.6 is 12.4 Å². The van der Waals surface area contributed by atoms with Gasteiger partial charge in [0.2, 0.25) is 0 Å². The number of hydrogen-bond donors (Lipinski definition) is 2. The predicted molar refractivity (Wildman–Crippen MR) is 66.2 cm³/mol. The topological polar surface area (TPSA) is 101 Å². The fraction of sp³-hybridized carbons (Fsp3) is 0.750. The molecule has 0 fully saturated rings. The summed E-state index contributed by atoms with van der Waals surface area (Å²) in [6, 6.07) is 0. The second-order valence-corrected chi connectivity index (χ2v) is 2.66. The van der Waals surface area contributed by atoms with Gasteiger partial charge in [-0.05, 0) is 0 Å². The largest absolute Gasteiger partial charge is 0.387 e. The van der Waals surface area contributed by atoms with Gasteiger partial charge in [0.1, 0.15) is 0 Å². The molecule has 88 valence electrons. The molecule has 7 heteroatoms. The molecule has 0 rings (SSSR count). The Balaban J connectivity index is 0. The van der Waals surface area contributed by atoms with Gasteiger partial charge in [0.25, 0.3) is 0 Å². The summed E-state index contributed by atoms with van der Waals surface area (Å²) >= 11 is 0. The molecule has 0 unspecified atom stereocenters. The predicted octanol–water partition coefficient (Wildman–Crippen LogP) is 0.615. The molecule has 0 atom stereocenters. The molecule has 0 saturated carbocycles. The first-order valence-corrected chi connectivity index (χ1v) is 4.46. The summed E-state index contributed by atoms with van der Waals surface area (Å²) < 4.78 is 0. The first kappa shape index (κ1) is 16.3. The van der Waals surface area contributed by atoms with Crippen LogP contribution in [0.5, 0.6) is 0 Å². The molecule has 4 N–H and O–H groups in total. The quantitative estimate of drug-likeness (QED) is 0.400. The van der Waals surface area contributed by atoms with Gasteiger partial charge in [-0.15, -0.1) is 12.4 Å². The number of amidine groups is 2. The number of azo groups is 1. The van der Waals surface area contributed by atoms with Crippen LogP contribution in [-0.2, 0) is 0 Å². The molecule has 6 nitrogen and oxygen atoms in total. The highest BCUT2D eigenvalue weighted by molar-refractivity contribution is 5.85. The molecule has 15 heavy (non-hydrogen) atoms. The maximum absolute atomic E-state index is 5.47. The van der Waals surface area contributed by atoms with E-state index >= 15 is 0 Å². The first-order chi connectivity index (χ1) is 6.70. The molecule has 0 aromatic rings. The minimum Gasteiger partial charge on any atom is -0.387 e. The molecule has 0 radical (unpaired) electrons. The van der Waals surface area contributed by atoms with E-state index in [-0.39, 0.29) is 12.4 Å². The zero-order chi connectivity index (χ0) is 10.8. The fourth-order valence-corrected chi connectivity index (χ4v) is 0.694. The number of nitrogens with two attached hydrogens (primary N) is 2. The number of rotatable bonds is 6.